The maximum atomic E-state index is 8.89. The number of aliphatic hydroxyl groups is 1. The van der Waals surface area contributed by atoms with Crippen LogP contribution in [0.2, 0.25) is 0 Å². The maximum absolute atomic E-state index is 8.89. The highest BCUT2D eigenvalue weighted by Crippen LogP contribution is 2.12. The standard InChI is InChI=1S/C9H16N4O/c1-7(2)13(3-4-14)9-6-11-8(10)5-12-9/h5-7,14H,3-4H2,1-2H3,(H2,10,11). The van der Waals surface area contributed by atoms with E-state index in [-0.39, 0.29) is 12.6 Å². The van der Waals surface area contributed by atoms with Crippen molar-refractivity contribution in [2.24, 2.45) is 0 Å². The number of nitrogen functional groups attached to an aromatic ring is 1. The first-order valence-electron chi connectivity index (χ1n) is 4.60. The van der Waals surface area contributed by atoms with E-state index in [9.17, 15) is 0 Å². The molecular formula is C9H16N4O. The highest BCUT2D eigenvalue weighted by Gasteiger charge is 2.10. The quantitative estimate of drug-likeness (QED) is 0.722. The van der Waals surface area contributed by atoms with Gasteiger partial charge >= 0.3 is 0 Å². The first-order chi connectivity index (χ1) is 6.65. The van der Waals surface area contributed by atoms with Crippen LogP contribution in [0.1, 0.15) is 13.8 Å². The van der Waals surface area contributed by atoms with Crippen LogP contribution in [0.15, 0.2) is 12.4 Å². The molecule has 0 bridgehead atoms. The predicted molar refractivity (Wildman–Crippen MR) is 56.0 cm³/mol. The Morgan fingerprint density at radius 3 is 2.57 bits per heavy atom. The van der Waals surface area contributed by atoms with Crippen LogP contribution in [0, 0.1) is 0 Å². The van der Waals surface area contributed by atoms with Crippen LogP contribution in [0.25, 0.3) is 0 Å². The summed E-state index contributed by atoms with van der Waals surface area (Å²) in [4.78, 5) is 10.1. The second-order valence-corrected chi connectivity index (χ2v) is 3.31. The van der Waals surface area contributed by atoms with Crippen molar-refractivity contribution in [1.82, 2.24) is 9.97 Å². The maximum Gasteiger partial charge on any atom is 0.147 e. The molecule has 5 heteroatoms. The Kier molecular flexibility index (Phi) is 3.64. The molecule has 1 aromatic heterocycles. The van der Waals surface area contributed by atoms with E-state index in [4.69, 9.17) is 10.8 Å². The second-order valence-electron chi connectivity index (χ2n) is 3.31. The van der Waals surface area contributed by atoms with Crippen molar-refractivity contribution in [3.63, 3.8) is 0 Å². The summed E-state index contributed by atoms with van der Waals surface area (Å²) >= 11 is 0. The van der Waals surface area contributed by atoms with Crippen molar-refractivity contribution in [3.8, 4) is 0 Å². The summed E-state index contributed by atoms with van der Waals surface area (Å²) in [6, 6.07) is 0.278. The molecule has 0 radical (unpaired) electrons. The largest absolute Gasteiger partial charge is 0.395 e. The molecule has 0 saturated heterocycles. The zero-order chi connectivity index (χ0) is 10.6. The van der Waals surface area contributed by atoms with Crippen molar-refractivity contribution >= 4 is 11.6 Å². The van der Waals surface area contributed by atoms with Gasteiger partial charge in [-0.05, 0) is 13.8 Å². The van der Waals surface area contributed by atoms with Gasteiger partial charge in [-0.3, -0.25) is 0 Å². The fourth-order valence-electron chi connectivity index (χ4n) is 1.22. The van der Waals surface area contributed by atoms with E-state index < -0.39 is 0 Å². The topological polar surface area (TPSA) is 75.3 Å². The van der Waals surface area contributed by atoms with Gasteiger partial charge in [0.05, 0.1) is 19.0 Å². The molecule has 5 nitrogen and oxygen atoms in total. The summed E-state index contributed by atoms with van der Waals surface area (Å²) in [5.41, 5.74) is 5.44. The van der Waals surface area contributed by atoms with Gasteiger partial charge in [-0.2, -0.15) is 0 Å². The van der Waals surface area contributed by atoms with Crippen molar-refractivity contribution in [3.05, 3.63) is 12.4 Å². The van der Waals surface area contributed by atoms with E-state index >= 15 is 0 Å². The third-order valence-corrected chi connectivity index (χ3v) is 1.92. The molecule has 0 saturated carbocycles. The molecule has 0 aliphatic carbocycles. The lowest BCUT2D eigenvalue weighted by Crippen LogP contribution is -2.34. The Labute approximate surface area is 83.6 Å². The summed E-state index contributed by atoms with van der Waals surface area (Å²) in [5, 5.41) is 8.89. The fourth-order valence-corrected chi connectivity index (χ4v) is 1.22. The summed E-state index contributed by atoms with van der Waals surface area (Å²) in [5.74, 6) is 1.14. The summed E-state index contributed by atoms with van der Waals surface area (Å²) < 4.78 is 0. The van der Waals surface area contributed by atoms with Crippen LogP contribution in [-0.2, 0) is 0 Å². The van der Waals surface area contributed by atoms with E-state index in [1.54, 1.807) is 6.20 Å². The molecule has 1 rings (SSSR count). The van der Waals surface area contributed by atoms with Crippen molar-refractivity contribution in [2.45, 2.75) is 19.9 Å². The minimum atomic E-state index is 0.101. The number of nitrogens with two attached hydrogens (primary N) is 1. The average Bonchev–Trinajstić information content (AvgIpc) is 2.15. The van der Waals surface area contributed by atoms with Gasteiger partial charge in [-0.15, -0.1) is 0 Å². The normalized spacial score (nSPS) is 10.6. The predicted octanol–water partition coefficient (Wildman–Crippen LogP) is 0.266. The van der Waals surface area contributed by atoms with Crippen LogP contribution in [-0.4, -0.2) is 34.3 Å². The Balaban J connectivity index is 2.82. The summed E-state index contributed by atoms with van der Waals surface area (Å²) in [6.45, 7) is 4.72. The van der Waals surface area contributed by atoms with Gasteiger partial charge in [-0.1, -0.05) is 0 Å². The number of nitrogens with zero attached hydrogens (tertiary/aromatic N) is 3. The van der Waals surface area contributed by atoms with Crippen LogP contribution >= 0.6 is 0 Å². The smallest absolute Gasteiger partial charge is 0.147 e. The molecule has 0 unspecified atom stereocenters. The number of hydrogen-bond acceptors (Lipinski definition) is 5. The lowest BCUT2D eigenvalue weighted by atomic mass is 10.3. The van der Waals surface area contributed by atoms with Gasteiger partial charge < -0.3 is 15.7 Å². The second kappa shape index (κ2) is 4.76. The first-order valence-corrected chi connectivity index (χ1v) is 4.60. The van der Waals surface area contributed by atoms with E-state index in [0.29, 0.717) is 12.4 Å². The molecule has 0 atom stereocenters. The van der Waals surface area contributed by atoms with Gasteiger partial charge in [0, 0.05) is 12.6 Å². The van der Waals surface area contributed by atoms with Gasteiger partial charge in [0.2, 0.25) is 0 Å². The SMILES string of the molecule is CC(C)N(CCO)c1cnc(N)cn1. The Morgan fingerprint density at radius 1 is 1.43 bits per heavy atom. The molecule has 14 heavy (non-hydrogen) atoms. The lowest BCUT2D eigenvalue weighted by Gasteiger charge is -2.26. The zero-order valence-electron chi connectivity index (χ0n) is 8.51. The van der Waals surface area contributed by atoms with Crippen LogP contribution in [0.3, 0.4) is 0 Å². The van der Waals surface area contributed by atoms with Crippen LogP contribution in [0.4, 0.5) is 11.6 Å². The summed E-state index contributed by atoms with van der Waals surface area (Å²) in [6.07, 6.45) is 3.13. The summed E-state index contributed by atoms with van der Waals surface area (Å²) in [7, 11) is 0. The van der Waals surface area contributed by atoms with Gasteiger partial charge in [0.1, 0.15) is 11.6 Å². The number of hydrogen-bond donors (Lipinski definition) is 2. The van der Waals surface area contributed by atoms with Crippen molar-refractivity contribution in [2.75, 3.05) is 23.8 Å². The monoisotopic (exact) mass is 196 g/mol. The van der Waals surface area contributed by atoms with E-state index in [0.717, 1.165) is 5.82 Å². The number of rotatable bonds is 4. The average molecular weight is 196 g/mol. The third kappa shape index (κ3) is 2.56. The van der Waals surface area contributed by atoms with Crippen LogP contribution < -0.4 is 10.6 Å². The Hall–Kier alpha value is -1.36. The van der Waals surface area contributed by atoms with E-state index in [1.165, 1.54) is 6.20 Å². The highest BCUT2D eigenvalue weighted by molar-refractivity contribution is 5.40. The number of aliphatic hydroxyl groups excluding tert-OH is 1. The van der Waals surface area contributed by atoms with Gasteiger partial charge in [0.25, 0.3) is 0 Å². The molecule has 0 aliphatic heterocycles. The molecule has 3 N–H and O–H groups in total. The highest BCUT2D eigenvalue weighted by atomic mass is 16.3. The van der Waals surface area contributed by atoms with E-state index in [1.807, 2.05) is 18.7 Å². The van der Waals surface area contributed by atoms with Crippen LogP contribution in [0.5, 0.6) is 0 Å². The fraction of sp³-hybridized carbons (Fsp3) is 0.556. The Morgan fingerprint density at radius 2 is 2.14 bits per heavy atom. The number of aromatic nitrogens is 2. The molecule has 0 spiro atoms. The molecule has 0 aliphatic rings. The van der Waals surface area contributed by atoms with Crippen molar-refractivity contribution < 1.29 is 5.11 Å². The molecule has 0 amide bonds. The lowest BCUT2D eigenvalue weighted by molar-refractivity contribution is 0.298. The van der Waals surface area contributed by atoms with E-state index in [2.05, 4.69) is 9.97 Å². The molecule has 1 heterocycles. The Bertz CT molecular complexity index is 273. The first kappa shape index (κ1) is 10.7. The molecule has 0 aromatic carbocycles. The molecule has 1 aromatic rings. The molecule has 0 fully saturated rings. The number of anilines is 2. The molecule has 78 valence electrons. The minimum Gasteiger partial charge on any atom is -0.395 e. The molecular weight excluding hydrogens is 180 g/mol. The zero-order valence-corrected chi connectivity index (χ0v) is 8.51. The third-order valence-electron chi connectivity index (χ3n) is 1.92. The van der Waals surface area contributed by atoms with Gasteiger partial charge in [0.15, 0.2) is 0 Å². The van der Waals surface area contributed by atoms with Gasteiger partial charge in [-0.25, -0.2) is 9.97 Å². The van der Waals surface area contributed by atoms with Crippen molar-refractivity contribution in [1.29, 1.82) is 0 Å². The minimum absolute atomic E-state index is 0.101.